The average molecular weight is 359 g/mol. The van der Waals surface area contributed by atoms with Crippen molar-refractivity contribution in [2.24, 2.45) is 0 Å². The first-order valence-electron chi connectivity index (χ1n) is 8.06. The molecule has 26 heavy (non-hydrogen) atoms. The van der Waals surface area contributed by atoms with E-state index in [9.17, 15) is 4.79 Å². The van der Waals surface area contributed by atoms with Crippen LogP contribution < -0.4 is 10.6 Å². The predicted molar refractivity (Wildman–Crippen MR) is 106 cm³/mol. The molecule has 0 atom stereocenters. The fourth-order valence-corrected chi connectivity index (χ4v) is 3.93. The number of imidazole rings is 1. The van der Waals surface area contributed by atoms with Crippen molar-refractivity contribution in [1.29, 1.82) is 0 Å². The molecule has 7 heteroatoms. The van der Waals surface area contributed by atoms with Gasteiger partial charge >= 0.3 is 6.03 Å². The van der Waals surface area contributed by atoms with Crippen LogP contribution in [0.2, 0.25) is 0 Å². The van der Waals surface area contributed by atoms with E-state index in [0.29, 0.717) is 5.13 Å². The van der Waals surface area contributed by atoms with Gasteiger partial charge in [0.15, 0.2) is 5.13 Å². The van der Waals surface area contributed by atoms with Crippen molar-refractivity contribution in [3.8, 4) is 0 Å². The van der Waals surface area contributed by atoms with Crippen LogP contribution in [0.5, 0.6) is 0 Å². The number of hydrogen-bond acceptors (Lipinski definition) is 4. The molecule has 0 aliphatic carbocycles. The van der Waals surface area contributed by atoms with E-state index in [2.05, 4.69) is 25.6 Å². The van der Waals surface area contributed by atoms with Gasteiger partial charge in [0.25, 0.3) is 0 Å². The Morgan fingerprint density at radius 1 is 1.00 bits per heavy atom. The van der Waals surface area contributed by atoms with Crippen molar-refractivity contribution in [3.63, 3.8) is 0 Å². The number of amides is 2. The maximum absolute atomic E-state index is 12.3. The van der Waals surface area contributed by atoms with E-state index in [1.54, 1.807) is 6.33 Å². The van der Waals surface area contributed by atoms with Crippen LogP contribution in [0.3, 0.4) is 0 Å². The largest absolute Gasteiger partial charge is 0.345 e. The van der Waals surface area contributed by atoms with Crippen LogP contribution in [0.15, 0.2) is 60.9 Å². The molecule has 126 valence electrons. The third kappa shape index (κ3) is 2.55. The van der Waals surface area contributed by atoms with Gasteiger partial charge in [-0.1, -0.05) is 41.7 Å². The molecule has 0 saturated carbocycles. The van der Waals surface area contributed by atoms with Crippen LogP contribution in [-0.4, -0.2) is 21.0 Å². The monoisotopic (exact) mass is 359 g/mol. The van der Waals surface area contributed by atoms with Crippen LogP contribution in [0, 0.1) is 0 Å². The molecule has 2 aromatic heterocycles. The summed E-state index contributed by atoms with van der Waals surface area (Å²) in [6, 6.07) is 17.4. The smallest absolute Gasteiger partial charge is 0.325 e. The zero-order valence-electron chi connectivity index (χ0n) is 13.5. The minimum absolute atomic E-state index is 0.322. The Bertz CT molecular complexity index is 1270. The Kier molecular flexibility index (Phi) is 3.32. The maximum Gasteiger partial charge on any atom is 0.325 e. The van der Waals surface area contributed by atoms with Crippen molar-refractivity contribution in [2.75, 3.05) is 10.6 Å². The molecule has 5 aromatic rings. The second-order valence-corrected chi connectivity index (χ2v) is 6.87. The highest BCUT2D eigenvalue weighted by atomic mass is 32.1. The zero-order chi connectivity index (χ0) is 17.5. The molecule has 3 aromatic carbocycles. The number of aromatic amines is 1. The normalized spacial score (nSPS) is 11.2. The number of anilines is 2. The number of urea groups is 1. The van der Waals surface area contributed by atoms with Gasteiger partial charge in [-0.3, -0.25) is 5.32 Å². The average Bonchev–Trinajstić information content (AvgIpc) is 3.27. The molecule has 0 aliphatic rings. The second kappa shape index (κ2) is 5.82. The van der Waals surface area contributed by atoms with Gasteiger partial charge in [-0.05, 0) is 35.0 Å². The molecule has 0 fully saturated rings. The second-order valence-electron chi connectivity index (χ2n) is 5.87. The van der Waals surface area contributed by atoms with E-state index in [-0.39, 0.29) is 6.03 Å². The fraction of sp³-hybridized carbons (Fsp3) is 0. The Morgan fingerprint density at radius 2 is 1.88 bits per heavy atom. The molecular formula is C19H13N5OS. The van der Waals surface area contributed by atoms with E-state index in [4.69, 9.17) is 0 Å². The summed E-state index contributed by atoms with van der Waals surface area (Å²) < 4.78 is 0.949. The number of H-pyrrole nitrogens is 1. The Morgan fingerprint density at radius 3 is 2.81 bits per heavy atom. The van der Waals surface area contributed by atoms with Gasteiger partial charge in [0, 0.05) is 5.69 Å². The highest BCUT2D eigenvalue weighted by molar-refractivity contribution is 7.23. The number of thiazole rings is 1. The van der Waals surface area contributed by atoms with Gasteiger partial charge in [0.2, 0.25) is 0 Å². The number of benzene rings is 3. The summed E-state index contributed by atoms with van der Waals surface area (Å²) in [7, 11) is 0. The molecule has 3 N–H and O–H groups in total. The summed E-state index contributed by atoms with van der Waals surface area (Å²) in [4.78, 5) is 24.2. The summed E-state index contributed by atoms with van der Waals surface area (Å²) in [6.45, 7) is 0. The molecule has 0 aliphatic heterocycles. The van der Waals surface area contributed by atoms with E-state index in [1.165, 1.54) is 11.3 Å². The maximum atomic E-state index is 12.3. The summed E-state index contributed by atoms with van der Waals surface area (Å²) in [5.74, 6) is 0. The van der Waals surface area contributed by atoms with Crippen molar-refractivity contribution in [3.05, 3.63) is 60.9 Å². The number of carbonyl (C=O) groups excluding carboxylic acids is 1. The minimum atomic E-state index is -0.322. The predicted octanol–water partition coefficient (Wildman–Crippen LogP) is 4.97. The van der Waals surface area contributed by atoms with Crippen molar-refractivity contribution in [2.45, 2.75) is 0 Å². The lowest BCUT2D eigenvalue weighted by Crippen LogP contribution is -2.19. The first-order valence-corrected chi connectivity index (χ1v) is 8.87. The highest BCUT2D eigenvalue weighted by Gasteiger charge is 2.11. The molecule has 0 radical (unpaired) electrons. The number of hydrogen-bond donors (Lipinski definition) is 3. The number of aromatic nitrogens is 3. The molecule has 0 bridgehead atoms. The van der Waals surface area contributed by atoms with Crippen LogP contribution in [-0.2, 0) is 0 Å². The third-order valence-corrected chi connectivity index (χ3v) is 5.17. The first-order chi connectivity index (χ1) is 12.8. The Balaban J connectivity index is 1.39. The molecular weight excluding hydrogens is 346 g/mol. The minimum Gasteiger partial charge on any atom is -0.345 e. The fourth-order valence-electron chi connectivity index (χ4n) is 2.97. The summed E-state index contributed by atoms with van der Waals surface area (Å²) in [5, 5.41) is 8.40. The number of nitrogens with zero attached hydrogens (tertiary/aromatic N) is 2. The van der Waals surface area contributed by atoms with Crippen molar-refractivity contribution < 1.29 is 4.79 Å². The topological polar surface area (TPSA) is 82.7 Å². The summed E-state index contributed by atoms with van der Waals surface area (Å²) in [5.41, 5.74) is 3.36. The van der Waals surface area contributed by atoms with Gasteiger partial charge in [-0.25, -0.2) is 14.8 Å². The zero-order valence-corrected chi connectivity index (χ0v) is 14.3. The van der Waals surface area contributed by atoms with E-state index in [1.807, 2.05) is 54.6 Å². The van der Waals surface area contributed by atoms with Gasteiger partial charge in [-0.15, -0.1) is 0 Å². The summed E-state index contributed by atoms with van der Waals surface area (Å²) in [6.07, 6.45) is 1.66. The summed E-state index contributed by atoms with van der Waals surface area (Å²) >= 11 is 1.41. The SMILES string of the molecule is O=C(Nc1ccc2ccccc2c1)Nc1nc2ccc3[nH]cnc3c2s1. The number of rotatable bonds is 2. The number of carbonyl (C=O) groups is 1. The standard InChI is InChI=1S/C19H13N5OS/c25-18(22-13-6-5-11-3-1-2-4-12(11)9-13)24-19-23-15-8-7-14-16(17(15)26-19)21-10-20-14/h1-10H,(H,20,21)(H2,22,23,24,25). The lowest BCUT2D eigenvalue weighted by Gasteiger charge is -2.06. The van der Waals surface area contributed by atoms with Crippen molar-refractivity contribution in [1.82, 2.24) is 15.0 Å². The van der Waals surface area contributed by atoms with E-state index >= 15 is 0 Å². The van der Waals surface area contributed by atoms with Crippen LogP contribution in [0.1, 0.15) is 0 Å². The molecule has 0 spiro atoms. The van der Waals surface area contributed by atoms with Crippen LogP contribution in [0.4, 0.5) is 15.6 Å². The number of fused-ring (bicyclic) bond motifs is 4. The molecule has 0 saturated heterocycles. The molecule has 6 nitrogen and oxygen atoms in total. The van der Waals surface area contributed by atoms with Crippen molar-refractivity contribution >= 4 is 60.2 Å². The van der Waals surface area contributed by atoms with Gasteiger partial charge < -0.3 is 10.3 Å². The molecule has 2 heterocycles. The molecule has 5 rings (SSSR count). The molecule has 0 unspecified atom stereocenters. The quantitative estimate of drug-likeness (QED) is 0.416. The lowest BCUT2D eigenvalue weighted by molar-refractivity contribution is 0.262. The number of nitrogens with one attached hydrogen (secondary N) is 3. The van der Waals surface area contributed by atoms with Crippen LogP contribution in [0.25, 0.3) is 32.0 Å². The Hall–Kier alpha value is -3.45. The van der Waals surface area contributed by atoms with E-state index in [0.717, 1.165) is 37.7 Å². The lowest BCUT2D eigenvalue weighted by atomic mass is 10.1. The Labute approximate surface area is 151 Å². The van der Waals surface area contributed by atoms with Gasteiger partial charge in [-0.2, -0.15) is 0 Å². The van der Waals surface area contributed by atoms with Crippen LogP contribution >= 0.6 is 11.3 Å². The van der Waals surface area contributed by atoms with E-state index < -0.39 is 0 Å². The highest BCUT2D eigenvalue weighted by Crippen LogP contribution is 2.31. The molecule has 2 amide bonds. The van der Waals surface area contributed by atoms with Gasteiger partial charge in [0.1, 0.15) is 5.52 Å². The first kappa shape index (κ1) is 14.9. The third-order valence-electron chi connectivity index (χ3n) is 4.17. The van der Waals surface area contributed by atoms with Gasteiger partial charge in [0.05, 0.1) is 22.1 Å².